The first-order valence-corrected chi connectivity index (χ1v) is 5.59. The fourth-order valence-electron chi connectivity index (χ4n) is 1.63. The van der Waals surface area contributed by atoms with Crippen molar-refractivity contribution in [1.82, 2.24) is 5.32 Å². The standard InChI is InChI=1S/C13H17NO4/c1-7-9(6-15)18-8(2)10(7)11(16)12(17)14-13(3,4)5/h6H,1-5H3,(H,14,17). The predicted molar refractivity (Wildman–Crippen MR) is 65.8 cm³/mol. The van der Waals surface area contributed by atoms with Gasteiger partial charge in [-0.15, -0.1) is 0 Å². The van der Waals surface area contributed by atoms with Crippen LogP contribution >= 0.6 is 0 Å². The molecular weight excluding hydrogens is 234 g/mol. The molecule has 0 saturated carbocycles. The quantitative estimate of drug-likeness (QED) is 0.505. The molecule has 0 bridgehead atoms. The van der Waals surface area contributed by atoms with Gasteiger partial charge >= 0.3 is 0 Å². The van der Waals surface area contributed by atoms with Crippen molar-refractivity contribution >= 4 is 18.0 Å². The number of carbonyl (C=O) groups excluding carboxylic acids is 3. The van der Waals surface area contributed by atoms with E-state index < -0.39 is 17.2 Å². The normalized spacial score (nSPS) is 11.2. The van der Waals surface area contributed by atoms with Gasteiger partial charge in [-0.2, -0.15) is 0 Å². The molecule has 0 aromatic carbocycles. The van der Waals surface area contributed by atoms with Gasteiger partial charge in [-0.25, -0.2) is 0 Å². The third kappa shape index (κ3) is 2.85. The van der Waals surface area contributed by atoms with E-state index in [4.69, 9.17) is 4.42 Å². The maximum absolute atomic E-state index is 12.0. The Morgan fingerprint density at radius 3 is 2.17 bits per heavy atom. The molecule has 1 heterocycles. The summed E-state index contributed by atoms with van der Waals surface area (Å²) in [7, 11) is 0. The summed E-state index contributed by atoms with van der Waals surface area (Å²) in [4.78, 5) is 34.5. The van der Waals surface area contributed by atoms with Gasteiger partial charge in [0.15, 0.2) is 12.0 Å². The summed E-state index contributed by atoms with van der Waals surface area (Å²) < 4.78 is 5.13. The Morgan fingerprint density at radius 1 is 1.22 bits per heavy atom. The molecule has 0 spiro atoms. The molecule has 0 aliphatic carbocycles. The molecule has 0 atom stereocenters. The van der Waals surface area contributed by atoms with E-state index >= 15 is 0 Å². The zero-order valence-electron chi connectivity index (χ0n) is 11.2. The number of nitrogens with one attached hydrogen (secondary N) is 1. The third-order valence-corrected chi connectivity index (χ3v) is 2.39. The second-order valence-corrected chi connectivity index (χ2v) is 5.17. The summed E-state index contributed by atoms with van der Waals surface area (Å²) in [5.74, 6) is -1.02. The van der Waals surface area contributed by atoms with Crippen molar-refractivity contribution in [3.05, 3.63) is 22.6 Å². The summed E-state index contributed by atoms with van der Waals surface area (Å²) in [5.41, 5.74) is 0.0709. The van der Waals surface area contributed by atoms with E-state index in [1.54, 1.807) is 34.6 Å². The molecule has 0 unspecified atom stereocenters. The van der Waals surface area contributed by atoms with Gasteiger partial charge in [-0.1, -0.05) is 0 Å². The maximum atomic E-state index is 12.0. The van der Waals surface area contributed by atoms with Crippen LogP contribution in [0.25, 0.3) is 0 Å². The van der Waals surface area contributed by atoms with Crippen molar-refractivity contribution in [1.29, 1.82) is 0 Å². The van der Waals surface area contributed by atoms with Crippen LogP contribution in [0.5, 0.6) is 0 Å². The van der Waals surface area contributed by atoms with Crippen molar-refractivity contribution in [2.75, 3.05) is 0 Å². The number of Topliss-reactive ketones (excluding diaryl/α,β-unsaturated/α-hetero) is 1. The molecule has 0 aliphatic rings. The fraction of sp³-hybridized carbons (Fsp3) is 0.462. The van der Waals surface area contributed by atoms with Crippen molar-refractivity contribution in [2.45, 2.75) is 40.2 Å². The largest absolute Gasteiger partial charge is 0.457 e. The molecule has 1 N–H and O–H groups in total. The summed E-state index contributed by atoms with van der Waals surface area (Å²) in [6.07, 6.45) is 0.529. The van der Waals surface area contributed by atoms with E-state index in [-0.39, 0.29) is 17.1 Å². The summed E-state index contributed by atoms with van der Waals surface area (Å²) in [6, 6.07) is 0. The minimum Gasteiger partial charge on any atom is -0.457 e. The number of furan rings is 1. The van der Waals surface area contributed by atoms with Crippen LogP contribution in [0.2, 0.25) is 0 Å². The first kappa shape index (κ1) is 14.2. The molecular formula is C13H17NO4. The zero-order chi connectivity index (χ0) is 14.1. The second kappa shape index (κ2) is 4.76. The molecule has 1 rings (SSSR count). The third-order valence-electron chi connectivity index (χ3n) is 2.39. The number of hydrogen-bond donors (Lipinski definition) is 1. The lowest BCUT2D eigenvalue weighted by molar-refractivity contribution is -0.118. The van der Waals surface area contributed by atoms with Crippen molar-refractivity contribution in [3.63, 3.8) is 0 Å². The Bertz CT molecular complexity index is 506. The number of rotatable bonds is 3. The van der Waals surface area contributed by atoms with Crippen LogP contribution in [0.1, 0.15) is 53.0 Å². The lowest BCUT2D eigenvalue weighted by Crippen LogP contribution is -2.44. The van der Waals surface area contributed by atoms with Crippen molar-refractivity contribution < 1.29 is 18.8 Å². The molecule has 1 amide bonds. The van der Waals surface area contributed by atoms with Crippen LogP contribution in [-0.4, -0.2) is 23.5 Å². The second-order valence-electron chi connectivity index (χ2n) is 5.17. The highest BCUT2D eigenvalue weighted by Gasteiger charge is 2.27. The Hall–Kier alpha value is -1.91. The molecule has 18 heavy (non-hydrogen) atoms. The molecule has 0 aliphatic heterocycles. The lowest BCUT2D eigenvalue weighted by Gasteiger charge is -2.19. The zero-order valence-corrected chi connectivity index (χ0v) is 11.2. The van der Waals surface area contributed by atoms with E-state index in [0.29, 0.717) is 11.8 Å². The Morgan fingerprint density at radius 2 is 1.78 bits per heavy atom. The van der Waals surface area contributed by atoms with Crippen LogP contribution in [0.15, 0.2) is 4.42 Å². The van der Waals surface area contributed by atoms with E-state index in [1.165, 1.54) is 0 Å². The van der Waals surface area contributed by atoms with Gasteiger partial charge in [0.25, 0.3) is 11.7 Å². The highest BCUT2D eigenvalue weighted by atomic mass is 16.3. The van der Waals surface area contributed by atoms with Gasteiger partial charge in [0.05, 0.1) is 5.56 Å². The van der Waals surface area contributed by atoms with Crippen molar-refractivity contribution in [2.24, 2.45) is 0 Å². The van der Waals surface area contributed by atoms with Crippen LogP contribution in [0, 0.1) is 13.8 Å². The van der Waals surface area contributed by atoms with E-state index in [2.05, 4.69) is 5.32 Å². The molecule has 0 fully saturated rings. The highest BCUT2D eigenvalue weighted by molar-refractivity contribution is 6.43. The molecule has 1 aromatic heterocycles. The first-order chi connectivity index (χ1) is 8.17. The monoisotopic (exact) mass is 251 g/mol. The molecule has 98 valence electrons. The highest BCUT2D eigenvalue weighted by Crippen LogP contribution is 2.21. The van der Waals surface area contributed by atoms with Gasteiger partial charge in [-0.05, 0) is 34.6 Å². The van der Waals surface area contributed by atoms with Gasteiger partial charge in [-0.3, -0.25) is 14.4 Å². The number of hydrogen-bond acceptors (Lipinski definition) is 4. The summed E-state index contributed by atoms with van der Waals surface area (Å²) in [6.45, 7) is 8.48. The topological polar surface area (TPSA) is 76.4 Å². The number of aryl methyl sites for hydroxylation is 1. The molecule has 0 radical (unpaired) electrons. The summed E-state index contributed by atoms with van der Waals surface area (Å²) >= 11 is 0. The smallest absolute Gasteiger partial charge is 0.292 e. The summed E-state index contributed by atoms with van der Waals surface area (Å²) in [5, 5.41) is 2.58. The van der Waals surface area contributed by atoms with E-state index in [1.807, 2.05) is 0 Å². The Kier molecular flexibility index (Phi) is 3.74. The van der Waals surface area contributed by atoms with Gasteiger partial charge in [0.2, 0.25) is 0 Å². The van der Waals surface area contributed by atoms with Gasteiger partial charge in [0.1, 0.15) is 5.76 Å². The minimum atomic E-state index is -0.702. The maximum Gasteiger partial charge on any atom is 0.292 e. The SMILES string of the molecule is Cc1oc(C=O)c(C)c1C(=O)C(=O)NC(C)(C)C. The van der Waals surface area contributed by atoms with Crippen LogP contribution < -0.4 is 5.32 Å². The predicted octanol–water partition coefficient (Wildman–Crippen LogP) is 1.81. The molecule has 1 aromatic rings. The van der Waals surface area contributed by atoms with Gasteiger partial charge in [0, 0.05) is 11.1 Å². The first-order valence-electron chi connectivity index (χ1n) is 5.59. The number of aldehydes is 1. The number of carbonyl (C=O) groups is 3. The van der Waals surface area contributed by atoms with E-state index in [9.17, 15) is 14.4 Å². The fourth-order valence-corrected chi connectivity index (χ4v) is 1.63. The van der Waals surface area contributed by atoms with Crippen LogP contribution in [0.4, 0.5) is 0 Å². The average molecular weight is 251 g/mol. The molecule has 5 nitrogen and oxygen atoms in total. The molecule has 0 saturated heterocycles. The van der Waals surface area contributed by atoms with Crippen LogP contribution in [-0.2, 0) is 4.79 Å². The average Bonchev–Trinajstić information content (AvgIpc) is 2.50. The van der Waals surface area contributed by atoms with Crippen LogP contribution in [0.3, 0.4) is 0 Å². The molecule has 5 heteroatoms. The Labute approximate surface area is 106 Å². The lowest BCUT2D eigenvalue weighted by atomic mass is 10.0. The van der Waals surface area contributed by atoms with Gasteiger partial charge < -0.3 is 9.73 Å². The van der Waals surface area contributed by atoms with E-state index in [0.717, 1.165) is 0 Å². The van der Waals surface area contributed by atoms with Crippen molar-refractivity contribution in [3.8, 4) is 0 Å². The Balaban J connectivity index is 3.08. The number of ketones is 1. The number of amides is 1. The minimum absolute atomic E-state index is 0.0828.